The maximum absolute atomic E-state index is 11.1. The highest BCUT2D eigenvalue weighted by molar-refractivity contribution is 7.92. The lowest BCUT2D eigenvalue weighted by molar-refractivity contribution is 0.154. The Hall–Kier alpha value is -1.43. The molecule has 1 saturated carbocycles. The Labute approximate surface area is 113 Å². The van der Waals surface area contributed by atoms with Gasteiger partial charge >= 0.3 is 0 Å². The highest BCUT2D eigenvalue weighted by Gasteiger charge is 2.15. The molecule has 6 heteroatoms. The Kier molecular flexibility index (Phi) is 4.19. The third kappa shape index (κ3) is 4.31. The molecule has 2 rings (SSSR count). The molecule has 0 aromatic heterocycles. The fraction of sp³-hybridized carbons (Fsp3) is 0.538. The molecule has 2 N–H and O–H groups in total. The number of phenolic OH excluding ortho intramolecular Hbond substituents is 1. The lowest BCUT2D eigenvalue weighted by Crippen LogP contribution is -2.19. The molecule has 0 aliphatic heterocycles. The molecule has 0 atom stereocenters. The summed E-state index contributed by atoms with van der Waals surface area (Å²) in [5, 5.41) is 9.78. The molecule has 106 valence electrons. The zero-order valence-corrected chi connectivity index (χ0v) is 11.7. The minimum absolute atomic E-state index is 0.126. The summed E-state index contributed by atoms with van der Waals surface area (Å²) in [6.07, 6.45) is 6.89. The van der Waals surface area contributed by atoms with Gasteiger partial charge in [0, 0.05) is 6.07 Å². The standard InChI is InChI=1S/C13H19NO4S/c1-19(16,17)14-12-8-7-11(9-13(12)15)18-10-5-3-2-4-6-10/h7-10,14-15H,2-6H2,1H3. The first-order valence-corrected chi connectivity index (χ1v) is 8.31. The van der Waals surface area contributed by atoms with Crippen LogP contribution in [0.5, 0.6) is 11.5 Å². The maximum atomic E-state index is 11.1. The average Bonchev–Trinajstić information content (AvgIpc) is 2.33. The summed E-state index contributed by atoms with van der Waals surface area (Å²) < 4.78 is 30.2. The second-order valence-electron chi connectivity index (χ2n) is 4.93. The van der Waals surface area contributed by atoms with Gasteiger partial charge in [0.05, 0.1) is 18.0 Å². The first-order chi connectivity index (χ1) is 8.94. The van der Waals surface area contributed by atoms with E-state index in [0.29, 0.717) is 5.75 Å². The SMILES string of the molecule is CS(=O)(=O)Nc1ccc(OC2CCCCC2)cc1O. The molecule has 0 radical (unpaired) electrons. The number of hydrogen-bond acceptors (Lipinski definition) is 4. The minimum atomic E-state index is -3.39. The predicted octanol–water partition coefficient (Wildman–Crippen LogP) is 2.48. The van der Waals surface area contributed by atoms with Gasteiger partial charge in [0.1, 0.15) is 11.5 Å². The molecular weight excluding hydrogens is 266 g/mol. The summed E-state index contributed by atoms with van der Waals surface area (Å²) in [6.45, 7) is 0. The highest BCUT2D eigenvalue weighted by Crippen LogP contribution is 2.31. The summed E-state index contributed by atoms with van der Waals surface area (Å²) in [7, 11) is -3.39. The number of aromatic hydroxyl groups is 1. The quantitative estimate of drug-likeness (QED) is 0.833. The summed E-state index contributed by atoms with van der Waals surface area (Å²) in [5.74, 6) is 0.446. The number of benzene rings is 1. The highest BCUT2D eigenvalue weighted by atomic mass is 32.2. The van der Waals surface area contributed by atoms with Crippen molar-refractivity contribution < 1.29 is 18.3 Å². The first-order valence-electron chi connectivity index (χ1n) is 6.41. The smallest absolute Gasteiger partial charge is 0.229 e. The number of ether oxygens (including phenoxy) is 1. The average molecular weight is 285 g/mol. The molecule has 1 aromatic carbocycles. The van der Waals surface area contributed by atoms with Crippen molar-refractivity contribution in [3.63, 3.8) is 0 Å². The predicted molar refractivity (Wildman–Crippen MR) is 74.1 cm³/mol. The van der Waals surface area contributed by atoms with Gasteiger partial charge in [-0.3, -0.25) is 4.72 Å². The summed E-state index contributed by atoms with van der Waals surface area (Å²) in [4.78, 5) is 0. The maximum Gasteiger partial charge on any atom is 0.229 e. The summed E-state index contributed by atoms with van der Waals surface area (Å²) in [5.41, 5.74) is 0.165. The van der Waals surface area contributed by atoms with E-state index in [0.717, 1.165) is 19.1 Å². The van der Waals surface area contributed by atoms with Gasteiger partial charge in [0.2, 0.25) is 10.0 Å². The van der Waals surface area contributed by atoms with Crippen molar-refractivity contribution >= 4 is 15.7 Å². The Morgan fingerprint density at radius 2 is 1.95 bits per heavy atom. The minimum Gasteiger partial charge on any atom is -0.506 e. The first kappa shape index (κ1) is 14.0. The van der Waals surface area contributed by atoms with Gasteiger partial charge in [-0.15, -0.1) is 0 Å². The Balaban J connectivity index is 2.05. The van der Waals surface area contributed by atoms with Crippen LogP contribution < -0.4 is 9.46 Å². The number of hydrogen-bond donors (Lipinski definition) is 2. The molecule has 0 unspecified atom stereocenters. The number of phenols is 1. The summed E-state index contributed by atoms with van der Waals surface area (Å²) in [6, 6.07) is 4.62. The molecule has 1 aliphatic carbocycles. The van der Waals surface area contributed by atoms with E-state index in [4.69, 9.17) is 4.74 Å². The van der Waals surface area contributed by atoms with Gasteiger partial charge in [-0.1, -0.05) is 6.42 Å². The monoisotopic (exact) mass is 285 g/mol. The second-order valence-corrected chi connectivity index (χ2v) is 6.68. The fourth-order valence-electron chi connectivity index (χ4n) is 2.25. The number of nitrogens with one attached hydrogen (secondary N) is 1. The Bertz CT molecular complexity index is 536. The van der Waals surface area contributed by atoms with Crippen molar-refractivity contribution in [2.75, 3.05) is 11.0 Å². The van der Waals surface area contributed by atoms with Crippen LogP contribution in [0, 0.1) is 0 Å². The molecule has 19 heavy (non-hydrogen) atoms. The lowest BCUT2D eigenvalue weighted by atomic mass is 9.98. The van der Waals surface area contributed by atoms with E-state index in [9.17, 15) is 13.5 Å². The van der Waals surface area contributed by atoms with Crippen molar-refractivity contribution in [3.05, 3.63) is 18.2 Å². The summed E-state index contributed by atoms with van der Waals surface area (Å²) >= 11 is 0. The Morgan fingerprint density at radius 3 is 2.53 bits per heavy atom. The van der Waals surface area contributed by atoms with Gasteiger partial charge in [0.15, 0.2) is 0 Å². The zero-order valence-electron chi connectivity index (χ0n) is 10.9. The van der Waals surface area contributed by atoms with Crippen LogP contribution in [0.25, 0.3) is 0 Å². The van der Waals surface area contributed by atoms with Crippen LogP contribution in [0.1, 0.15) is 32.1 Å². The third-order valence-corrected chi connectivity index (χ3v) is 3.71. The van der Waals surface area contributed by atoms with Gasteiger partial charge in [-0.2, -0.15) is 0 Å². The van der Waals surface area contributed by atoms with Gasteiger partial charge < -0.3 is 9.84 Å². The van der Waals surface area contributed by atoms with Crippen LogP contribution in [0.4, 0.5) is 5.69 Å². The lowest BCUT2D eigenvalue weighted by Gasteiger charge is -2.23. The van der Waals surface area contributed by atoms with E-state index in [1.807, 2.05) is 0 Å². The van der Waals surface area contributed by atoms with Crippen LogP contribution in [0.2, 0.25) is 0 Å². The van der Waals surface area contributed by atoms with E-state index < -0.39 is 10.0 Å². The van der Waals surface area contributed by atoms with Gasteiger partial charge in [0.25, 0.3) is 0 Å². The van der Waals surface area contributed by atoms with Crippen LogP contribution in [0.3, 0.4) is 0 Å². The number of anilines is 1. The third-order valence-electron chi connectivity index (χ3n) is 3.12. The molecular formula is C13H19NO4S. The van der Waals surface area contributed by atoms with Crippen LogP contribution >= 0.6 is 0 Å². The van der Waals surface area contributed by atoms with E-state index in [2.05, 4.69) is 4.72 Å². The topological polar surface area (TPSA) is 75.6 Å². The normalized spacial score (nSPS) is 17.1. The van der Waals surface area contributed by atoms with Crippen LogP contribution in [0.15, 0.2) is 18.2 Å². The molecule has 1 fully saturated rings. The van der Waals surface area contributed by atoms with E-state index in [1.165, 1.54) is 31.4 Å². The molecule has 5 nitrogen and oxygen atoms in total. The fourth-order valence-corrected chi connectivity index (χ4v) is 2.82. The molecule has 0 spiro atoms. The van der Waals surface area contributed by atoms with Gasteiger partial charge in [-0.05, 0) is 37.8 Å². The zero-order chi connectivity index (χ0) is 13.9. The van der Waals surface area contributed by atoms with E-state index in [-0.39, 0.29) is 17.5 Å². The number of sulfonamides is 1. The van der Waals surface area contributed by atoms with Crippen molar-refractivity contribution in [2.24, 2.45) is 0 Å². The van der Waals surface area contributed by atoms with E-state index >= 15 is 0 Å². The van der Waals surface area contributed by atoms with E-state index in [1.54, 1.807) is 6.07 Å². The molecule has 0 bridgehead atoms. The van der Waals surface area contributed by atoms with Crippen molar-refractivity contribution in [1.82, 2.24) is 0 Å². The number of rotatable bonds is 4. The van der Waals surface area contributed by atoms with Gasteiger partial charge in [-0.25, -0.2) is 8.42 Å². The molecule has 1 aromatic rings. The Morgan fingerprint density at radius 1 is 1.26 bits per heavy atom. The van der Waals surface area contributed by atoms with Crippen molar-refractivity contribution in [3.8, 4) is 11.5 Å². The largest absolute Gasteiger partial charge is 0.506 e. The molecule has 1 aliphatic rings. The van der Waals surface area contributed by atoms with Crippen molar-refractivity contribution in [2.45, 2.75) is 38.2 Å². The molecule has 0 saturated heterocycles. The van der Waals surface area contributed by atoms with Crippen LogP contribution in [-0.2, 0) is 10.0 Å². The van der Waals surface area contributed by atoms with Crippen LogP contribution in [-0.4, -0.2) is 25.9 Å². The molecule has 0 amide bonds. The molecule has 0 heterocycles. The second kappa shape index (κ2) is 5.69. The van der Waals surface area contributed by atoms with Crippen molar-refractivity contribution in [1.29, 1.82) is 0 Å².